The maximum absolute atomic E-state index is 13.1. The lowest BCUT2D eigenvalue weighted by molar-refractivity contribution is -0.129. The molecule has 3 aromatic rings. The number of likely N-dealkylation sites (tertiary alicyclic amines) is 1. The lowest BCUT2D eigenvalue weighted by atomic mass is 10.00. The molecule has 4 rings (SSSR count). The molecule has 7 heteroatoms. The number of rotatable bonds is 5. The Balaban J connectivity index is 1.56. The molecule has 0 radical (unpaired) electrons. The second-order valence-electron chi connectivity index (χ2n) is 7.60. The van der Waals surface area contributed by atoms with Gasteiger partial charge < -0.3 is 14.2 Å². The maximum atomic E-state index is 13.1. The Kier molecular flexibility index (Phi) is 6.35. The number of amides is 1. The Labute approximate surface area is 191 Å². The SMILES string of the molecule is COc1cc(/C=C2\CCCN(Cc3ccc(Cl)c(Cl)c3)C2=O)ccc1-n1cnc(C)c1. The summed E-state index contributed by atoms with van der Waals surface area (Å²) in [5.74, 6) is 0.772. The summed E-state index contributed by atoms with van der Waals surface area (Å²) in [7, 11) is 1.64. The number of piperidine rings is 1. The average Bonchev–Trinajstić information content (AvgIpc) is 3.19. The van der Waals surface area contributed by atoms with Crippen molar-refractivity contribution in [3.05, 3.63) is 81.4 Å². The highest BCUT2D eigenvalue weighted by Gasteiger charge is 2.23. The maximum Gasteiger partial charge on any atom is 0.250 e. The van der Waals surface area contributed by atoms with Crippen LogP contribution in [0.2, 0.25) is 10.0 Å². The van der Waals surface area contributed by atoms with E-state index in [1.54, 1.807) is 19.5 Å². The van der Waals surface area contributed by atoms with Crippen LogP contribution >= 0.6 is 23.2 Å². The number of carbonyl (C=O) groups excluding carboxylic acids is 1. The zero-order valence-electron chi connectivity index (χ0n) is 17.4. The molecule has 2 heterocycles. The number of imidazole rings is 1. The largest absolute Gasteiger partial charge is 0.495 e. The first-order valence-corrected chi connectivity index (χ1v) is 10.8. The fourth-order valence-corrected chi connectivity index (χ4v) is 4.09. The third kappa shape index (κ3) is 4.78. The van der Waals surface area contributed by atoms with Crippen molar-refractivity contribution in [1.29, 1.82) is 0 Å². The van der Waals surface area contributed by atoms with Crippen LogP contribution in [0.1, 0.15) is 29.7 Å². The third-order valence-electron chi connectivity index (χ3n) is 5.33. The van der Waals surface area contributed by atoms with E-state index in [1.165, 1.54) is 0 Å². The molecule has 0 bridgehead atoms. The predicted molar refractivity (Wildman–Crippen MR) is 124 cm³/mol. The molecule has 0 atom stereocenters. The number of hydrogen-bond donors (Lipinski definition) is 0. The molecule has 0 aliphatic carbocycles. The fraction of sp³-hybridized carbons (Fsp3) is 0.250. The predicted octanol–water partition coefficient (Wildman–Crippen LogP) is 5.70. The first kappa shape index (κ1) is 21.5. The highest BCUT2D eigenvalue weighted by molar-refractivity contribution is 6.42. The van der Waals surface area contributed by atoms with Gasteiger partial charge in [-0.15, -0.1) is 0 Å². The number of aromatic nitrogens is 2. The molecule has 1 aliphatic rings. The van der Waals surface area contributed by atoms with Crippen molar-refractivity contribution in [2.24, 2.45) is 0 Å². The van der Waals surface area contributed by atoms with Gasteiger partial charge in [0.25, 0.3) is 0 Å². The van der Waals surface area contributed by atoms with E-state index >= 15 is 0 Å². The van der Waals surface area contributed by atoms with Gasteiger partial charge in [0.15, 0.2) is 0 Å². The van der Waals surface area contributed by atoms with Gasteiger partial charge in [0.2, 0.25) is 5.91 Å². The molecule has 1 fully saturated rings. The van der Waals surface area contributed by atoms with Crippen molar-refractivity contribution >= 4 is 35.2 Å². The molecule has 0 spiro atoms. The molecule has 5 nitrogen and oxygen atoms in total. The number of hydrogen-bond acceptors (Lipinski definition) is 3. The molecule has 0 N–H and O–H groups in total. The Morgan fingerprint density at radius 1 is 1.16 bits per heavy atom. The normalized spacial score (nSPS) is 15.5. The number of nitrogens with zero attached hydrogens (tertiary/aromatic N) is 3. The molecule has 1 aliphatic heterocycles. The van der Waals surface area contributed by atoms with Crippen LogP contribution in [0.25, 0.3) is 11.8 Å². The van der Waals surface area contributed by atoms with Gasteiger partial charge in [-0.2, -0.15) is 0 Å². The van der Waals surface area contributed by atoms with Crippen LogP contribution in [0.15, 0.2) is 54.5 Å². The molecule has 1 aromatic heterocycles. The first-order chi connectivity index (χ1) is 14.9. The summed E-state index contributed by atoms with van der Waals surface area (Å²) in [5, 5.41) is 1.01. The van der Waals surface area contributed by atoms with Gasteiger partial charge in [-0.05, 0) is 61.2 Å². The summed E-state index contributed by atoms with van der Waals surface area (Å²) in [6.07, 6.45) is 7.33. The van der Waals surface area contributed by atoms with E-state index in [1.807, 2.05) is 59.0 Å². The average molecular weight is 456 g/mol. The van der Waals surface area contributed by atoms with Gasteiger partial charge >= 0.3 is 0 Å². The van der Waals surface area contributed by atoms with Crippen LogP contribution in [-0.2, 0) is 11.3 Å². The van der Waals surface area contributed by atoms with E-state index in [4.69, 9.17) is 27.9 Å². The van der Waals surface area contributed by atoms with Gasteiger partial charge in [0.05, 0.1) is 34.9 Å². The monoisotopic (exact) mass is 455 g/mol. The minimum Gasteiger partial charge on any atom is -0.495 e. The van der Waals surface area contributed by atoms with Crippen molar-refractivity contribution in [2.45, 2.75) is 26.3 Å². The topological polar surface area (TPSA) is 47.4 Å². The van der Waals surface area contributed by atoms with Crippen LogP contribution in [0.4, 0.5) is 0 Å². The van der Waals surface area contributed by atoms with Gasteiger partial charge in [0, 0.05) is 24.9 Å². The van der Waals surface area contributed by atoms with E-state index < -0.39 is 0 Å². The van der Waals surface area contributed by atoms with Crippen molar-refractivity contribution in [1.82, 2.24) is 14.5 Å². The summed E-state index contributed by atoms with van der Waals surface area (Å²) < 4.78 is 7.52. The highest BCUT2D eigenvalue weighted by Crippen LogP contribution is 2.28. The Morgan fingerprint density at radius 3 is 2.71 bits per heavy atom. The fourth-order valence-electron chi connectivity index (χ4n) is 3.77. The molecular formula is C24H23Cl2N3O2. The quantitative estimate of drug-likeness (QED) is 0.463. The Bertz CT molecular complexity index is 1150. The van der Waals surface area contributed by atoms with Crippen LogP contribution in [0.5, 0.6) is 5.75 Å². The van der Waals surface area contributed by atoms with Gasteiger partial charge in [-0.1, -0.05) is 35.3 Å². The van der Waals surface area contributed by atoms with Crippen molar-refractivity contribution < 1.29 is 9.53 Å². The number of methoxy groups -OCH3 is 1. The van der Waals surface area contributed by atoms with E-state index in [0.29, 0.717) is 16.6 Å². The highest BCUT2D eigenvalue weighted by atomic mass is 35.5. The van der Waals surface area contributed by atoms with Crippen molar-refractivity contribution in [3.8, 4) is 11.4 Å². The molecule has 2 aromatic carbocycles. The second-order valence-corrected chi connectivity index (χ2v) is 8.42. The molecule has 160 valence electrons. The van der Waals surface area contributed by atoms with Crippen LogP contribution in [-0.4, -0.2) is 34.0 Å². The van der Waals surface area contributed by atoms with Gasteiger partial charge in [-0.25, -0.2) is 4.98 Å². The van der Waals surface area contributed by atoms with E-state index in [9.17, 15) is 4.79 Å². The number of aryl methyl sites for hydroxylation is 1. The number of benzene rings is 2. The molecular weight excluding hydrogens is 433 g/mol. The standard InChI is InChI=1S/C24H23Cl2N3O2/c1-16-13-29(15-27-16)22-8-6-17(12-23(22)31-2)10-19-4-3-9-28(24(19)30)14-18-5-7-20(25)21(26)11-18/h5-8,10-13,15H,3-4,9,14H2,1-2H3/b19-10+. The summed E-state index contributed by atoms with van der Waals surface area (Å²) >= 11 is 12.1. The Hall–Kier alpha value is -2.76. The molecule has 31 heavy (non-hydrogen) atoms. The molecule has 1 saturated heterocycles. The summed E-state index contributed by atoms with van der Waals surface area (Å²) in [4.78, 5) is 19.2. The number of halogens is 2. The van der Waals surface area contributed by atoms with Crippen molar-refractivity contribution in [3.63, 3.8) is 0 Å². The van der Waals surface area contributed by atoms with E-state index in [0.717, 1.165) is 53.2 Å². The smallest absolute Gasteiger partial charge is 0.250 e. The zero-order valence-corrected chi connectivity index (χ0v) is 19.0. The van der Waals surface area contributed by atoms with E-state index in [-0.39, 0.29) is 5.91 Å². The van der Waals surface area contributed by atoms with Gasteiger partial charge in [-0.3, -0.25) is 4.79 Å². The Morgan fingerprint density at radius 2 is 2.00 bits per heavy atom. The number of carbonyl (C=O) groups is 1. The minimum atomic E-state index is 0.0469. The first-order valence-electron chi connectivity index (χ1n) is 10.1. The third-order valence-corrected chi connectivity index (χ3v) is 6.07. The molecule has 1 amide bonds. The van der Waals surface area contributed by atoms with Gasteiger partial charge in [0.1, 0.15) is 5.75 Å². The summed E-state index contributed by atoms with van der Waals surface area (Å²) in [6.45, 7) is 3.17. The molecule has 0 saturated carbocycles. The second kappa shape index (κ2) is 9.16. The lowest BCUT2D eigenvalue weighted by Crippen LogP contribution is -2.36. The van der Waals surface area contributed by atoms with Crippen LogP contribution < -0.4 is 4.74 Å². The van der Waals surface area contributed by atoms with Crippen LogP contribution in [0.3, 0.4) is 0 Å². The van der Waals surface area contributed by atoms with E-state index in [2.05, 4.69) is 4.98 Å². The number of ether oxygens (including phenoxy) is 1. The summed E-state index contributed by atoms with van der Waals surface area (Å²) in [5.41, 5.74) is 4.52. The summed E-state index contributed by atoms with van der Waals surface area (Å²) in [6, 6.07) is 11.4. The van der Waals surface area contributed by atoms with Crippen molar-refractivity contribution in [2.75, 3.05) is 13.7 Å². The van der Waals surface area contributed by atoms with Crippen LogP contribution in [0, 0.1) is 6.92 Å². The molecule has 0 unspecified atom stereocenters. The minimum absolute atomic E-state index is 0.0469. The lowest BCUT2D eigenvalue weighted by Gasteiger charge is -2.28. The zero-order chi connectivity index (χ0) is 22.0.